The molecule has 1 N–H and O–H groups in total. The summed E-state index contributed by atoms with van der Waals surface area (Å²) in [6.45, 7) is 1.75. The summed E-state index contributed by atoms with van der Waals surface area (Å²) in [6.07, 6.45) is 0.575. The number of aryl methyl sites for hydroxylation is 1. The second-order valence-electron chi connectivity index (χ2n) is 5.57. The van der Waals surface area contributed by atoms with Crippen molar-refractivity contribution in [3.8, 4) is 5.75 Å². The van der Waals surface area contributed by atoms with Crippen molar-refractivity contribution < 1.29 is 9.53 Å². The lowest BCUT2D eigenvalue weighted by Crippen LogP contribution is -2.28. The second-order valence-corrected chi connectivity index (χ2v) is 5.57. The first kappa shape index (κ1) is 16.7. The third kappa shape index (κ3) is 4.18. The third-order valence-electron chi connectivity index (χ3n) is 3.63. The van der Waals surface area contributed by atoms with Crippen LogP contribution in [0.15, 0.2) is 29.1 Å². The molecule has 0 saturated heterocycles. The van der Waals surface area contributed by atoms with Crippen molar-refractivity contribution in [2.45, 2.75) is 19.8 Å². The van der Waals surface area contributed by atoms with Crippen molar-refractivity contribution in [3.63, 3.8) is 0 Å². The summed E-state index contributed by atoms with van der Waals surface area (Å²) in [5, 5.41) is 0. The van der Waals surface area contributed by atoms with E-state index in [1.54, 1.807) is 28.1 Å². The average molecular weight is 315 g/mol. The lowest BCUT2D eigenvalue weighted by Gasteiger charge is -2.11. The molecule has 0 bridgehead atoms. The van der Waals surface area contributed by atoms with E-state index < -0.39 is 0 Å². The van der Waals surface area contributed by atoms with E-state index in [9.17, 15) is 9.59 Å². The van der Waals surface area contributed by atoms with Crippen LogP contribution >= 0.6 is 0 Å². The predicted molar refractivity (Wildman–Crippen MR) is 87.8 cm³/mol. The number of nitrogens with zero attached hydrogens (tertiary/aromatic N) is 2. The molecule has 0 aliphatic carbocycles. The smallest absolute Gasteiger partial charge is 0.254 e. The summed E-state index contributed by atoms with van der Waals surface area (Å²) in [4.78, 5) is 32.7. The number of hydrogen-bond donors (Lipinski definition) is 1. The number of aromatic amines is 1. The standard InChI is InChI=1S/C17H21N3O3/c1-11-14(10-16(21)20(2)3)17(22)19-15(18-11)9-12-5-7-13(23-4)8-6-12/h5-8H,9-10H2,1-4H3,(H,18,19,22). The van der Waals surface area contributed by atoms with Crippen molar-refractivity contribution >= 4 is 5.91 Å². The van der Waals surface area contributed by atoms with Crippen LogP contribution in [0.2, 0.25) is 0 Å². The van der Waals surface area contributed by atoms with E-state index in [-0.39, 0.29) is 17.9 Å². The fourth-order valence-electron chi connectivity index (χ4n) is 2.21. The van der Waals surface area contributed by atoms with Crippen LogP contribution in [0.25, 0.3) is 0 Å². The number of nitrogens with one attached hydrogen (secondary N) is 1. The average Bonchev–Trinajstić information content (AvgIpc) is 2.51. The van der Waals surface area contributed by atoms with Gasteiger partial charge in [-0.05, 0) is 24.6 Å². The van der Waals surface area contributed by atoms with Gasteiger partial charge < -0.3 is 14.6 Å². The van der Waals surface area contributed by atoms with Crippen LogP contribution in [-0.4, -0.2) is 42.0 Å². The van der Waals surface area contributed by atoms with Gasteiger partial charge in [0.15, 0.2) is 0 Å². The molecule has 1 heterocycles. The minimum Gasteiger partial charge on any atom is -0.497 e. The molecule has 0 saturated carbocycles. The Labute approximate surface area is 135 Å². The van der Waals surface area contributed by atoms with Crippen LogP contribution in [0.3, 0.4) is 0 Å². The maximum Gasteiger partial charge on any atom is 0.254 e. The zero-order chi connectivity index (χ0) is 17.0. The van der Waals surface area contributed by atoms with Crippen molar-refractivity contribution in [3.05, 3.63) is 57.3 Å². The fraction of sp³-hybridized carbons (Fsp3) is 0.353. The maximum atomic E-state index is 12.2. The molecule has 0 aliphatic heterocycles. The summed E-state index contributed by atoms with van der Waals surface area (Å²) < 4.78 is 5.12. The number of benzene rings is 1. The van der Waals surface area contributed by atoms with Gasteiger partial charge in [-0.15, -0.1) is 0 Å². The van der Waals surface area contributed by atoms with Gasteiger partial charge in [-0.3, -0.25) is 9.59 Å². The highest BCUT2D eigenvalue weighted by Gasteiger charge is 2.14. The zero-order valence-corrected chi connectivity index (χ0v) is 13.8. The molecular formula is C17H21N3O3. The highest BCUT2D eigenvalue weighted by molar-refractivity contribution is 5.78. The molecule has 0 aliphatic rings. The van der Waals surface area contributed by atoms with Gasteiger partial charge in [0, 0.05) is 31.8 Å². The van der Waals surface area contributed by atoms with Gasteiger partial charge >= 0.3 is 0 Å². The molecular weight excluding hydrogens is 294 g/mol. The minimum absolute atomic E-state index is 0.0595. The SMILES string of the molecule is COc1ccc(Cc2nc(C)c(CC(=O)N(C)C)c(=O)[nH]2)cc1. The summed E-state index contributed by atoms with van der Waals surface area (Å²) >= 11 is 0. The molecule has 2 aromatic rings. The molecule has 0 atom stereocenters. The molecule has 0 spiro atoms. The van der Waals surface area contributed by atoms with Crippen LogP contribution in [0, 0.1) is 6.92 Å². The van der Waals surface area contributed by atoms with Crippen molar-refractivity contribution in [2.75, 3.05) is 21.2 Å². The number of H-pyrrole nitrogens is 1. The number of ether oxygens (including phenoxy) is 1. The van der Waals surface area contributed by atoms with Crippen LogP contribution in [0.4, 0.5) is 0 Å². The predicted octanol–water partition coefficient (Wildman–Crippen LogP) is 1.31. The number of methoxy groups -OCH3 is 1. The number of likely N-dealkylation sites (N-methyl/N-ethyl adjacent to an activating group) is 1. The Morgan fingerprint density at radius 1 is 1.26 bits per heavy atom. The van der Waals surface area contributed by atoms with E-state index in [0.717, 1.165) is 11.3 Å². The summed E-state index contributed by atoms with van der Waals surface area (Å²) in [5.41, 5.74) is 1.77. The Kier molecular flexibility index (Phi) is 5.16. The minimum atomic E-state index is -0.254. The van der Waals surface area contributed by atoms with Crippen LogP contribution in [-0.2, 0) is 17.6 Å². The molecule has 1 aromatic heterocycles. The first-order valence-corrected chi connectivity index (χ1v) is 7.32. The van der Waals surface area contributed by atoms with Crippen LogP contribution in [0.5, 0.6) is 5.75 Å². The molecule has 2 rings (SSSR count). The van der Waals surface area contributed by atoms with Gasteiger partial charge in [0.25, 0.3) is 5.56 Å². The second kappa shape index (κ2) is 7.09. The van der Waals surface area contributed by atoms with Gasteiger partial charge in [-0.25, -0.2) is 4.98 Å². The first-order valence-electron chi connectivity index (χ1n) is 7.32. The lowest BCUT2D eigenvalue weighted by atomic mass is 10.1. The summed E-state index contributed by atoms with van der Waals surface area (Å²) in [7, 11) is 4.94. The van der Waals surface area contributed by atoms with Gasteiger partial charge in [0.1, 0.15) is 11.6 Å². The topological polar surface area (TPSA) is 75.3 Å². The van der Waals surface area contributed by atoms with Gasteiger partial charge in [-0.2, -0.15) is 0 Å². The van der Waals surface area contributed by atoms with E-state index in [0.29, 0.717) is 23.5 Å². The number of hydrogen-bond acceptors (Lipinski definition) is 4. The first-order chi connectivity index (χ1) is 10.9. The lowest BCUT2D eigenvalue weighted by molar-refractivity contribution is -0.128. The van der Waals surface area contributed by atoms with Gasteiger partial charge in [-0.1, -0.05) is 12.1 Å². The largest absolute Gasteiger partial charge is 0.497 e. The normalized spacial score (nSPS) is 10.4. The van der Waals surface area contributed by atoms with E-state index in [1.165, 1.54) is 4.90 Å². The number of carbonyl (C=O) groups is 1. The molecule has 23 heavy (non-hydrogen) atoms. The Morgan fingerprint density at radius 2 is 1.91 bits per heavy atom. The fourth-order valence-corrected chi connectivity index (χ4v) is 2.21. The molecule has 1 amide bonds. The third-order valence-corrected chi connectivity index (χ3v) is 3.63. The molecule has 6 heteroatoms. The Hall–Kier alpha value is -2.63. The van der Waals surface area contributed by atoms with E-state index in [2.05, 4.69) is 9.97 Å². The van der Waals surface area contributed by atoms with Crippen molar-refractivity contribution in [2.24, 2.45) is 0 Å². The number of aromatic nitrogens is 2. The molecule has 0 radical (unpaired) electrons. The Bertz CT molecular complexity index is 749. The van der Waals surface area contributed by atoms with Crippen molar-refractivity contribution in [1.82, 2.24) is 14.9 Å². The Balaban J connectivity index is 2.21. The highest BCUT2D eigenvalue weighted by Crippen LogP contribution is 2.13. The number of carbonyl (C=O) groups excluding carboxylic acids is 1. The van der Waals surface area contributed by atoms with Gasteiger partial charge in [0.2, 0.25) is 5.91 Å². The molecule has 6 nitrogen and oxygen atoms in total. The Morgan fingerprint density at radius 3 is 2.43 bits per heavy atom. The molecule has 1 aromatic carbocycles. The summed E-state index contributed by atoms with van der Waals surface area (Å²) in [5.74, 6) is 1.24. The van der Waals surface area contributed by atoms with Crippen LogP contribution in [0.1, 0.15) is 22.6 Å². The quantitative estimate of drug-likeness (QED) is 0.902. The van der Waals surface area contributed by atoms with Gasteiger partial charge in [0.05, 0.1) is 13.5 Å². The monoisotopic (exact) mass is 315 g/mol. The molecule has 0 fully saturated rings. The molecule has 0 unspecified atom stereocenters. The number of amides is 1. The van der Waals surface area contributed by atoms with E-state index >= 15 is 0 Å². The van der Waals surface area contributed by atoms with Crippen LogP contribution < -0.4 is 10.3 Å². The number of rotatable bonds is 5. The van der Waals surface area contributed by atoms with Crippen molar-refractivity contribution in [1.29, 1.82) is 0 Å². The summed E-state index contributed by atoms with van der Waals surface area (Å²) in [6, 6.07) is 7.59. The maximum absolute atomic E-state index is 12.2. The highest BCUT2D eigenvalue weighted by atomic mass is 16.5. The zero-order valence-electron chi connectivity index (χ0n) is 13.8. The molecule has 122 valence electrons. The van der Waals surface area contributed by atoms with E-state index in [1.807, 2.05) is 24.3 Å². The van der Waals surface area contributed by atoms with E-state index in [4.69, 9.17) is 4.74 Å².